The van der Waals surface area contributed by atoms with E-state index in [1.807, 2.05) is 0 Å². The number of nitrogens with one attached hydrogen (secondary N) is 1. The van der Waals surface area contributed by atoms with Gasteiger partial charge in [0.2, 0.25) is 0 Å². The molecular formula is C16H35NO3. The summed E-state index contributed by atoms with van der Waals surface area (Å²) in [6.07, 6.45) is 7.13. The highest BCUT2D eigenvalue weighted by Gasteiger charge is 2.18. The Kier molecular flexibility index (Phi) is 12.5. The van der Waals surface area contributed by atoms with Crippen LogP contribution in [0.25, 0.3) is 0 Å². The number of methoxy groups -OCH3 is 1. The Morgan fingerprint density at radius 2 is 1.75 bits per heavy atom. The highest BCUT2D eigenvalue weighted by molar-refractivity contribution is 4.78. The van der Waals surface area contributed by atoms with Gasteiger partial charge in [-0.1, -0.05) is 39.0 Å². The lowest BCUT2D eigenvalue weighted by molar-refractivity contribution is 0.0281. The quantitative estimate of drug-likeness (QED) is 0.483. The summed E-state index contributed by atoms with van der Waals surface area (Å²) in [5, 5.41) is 13.1. The first-order valence-corrected chi connectivity index (χ1v) is 8.01. The van der Waals surface area contributed by atoms with E-state index in [1.165, 1.54) is 32.1 Å². The molecule has 0 rings (SSSR count). The maximum absolute atomic E-state index is 9.83. The van der Waals surface area contributed by atoms with E-state index in [0.717, 1.165) is 13.0 Å². The summed E-state index contributed by atoms with van der Waals surface area (Å²) in [5.74, 6) is 0. The first kappa shape index (κ1) is 19.8. The van der Waals surface area contributed by atoms with Crippen molar-refractivity contribution in [2.75, 3.05) is 33.5 Å². The molecule has 4 heteroatoms. The lowest BCUT2D eigenvalue weighted by Crippen LogP contribution is -2.47. The minimum Gasteiger partial charge on any atom is -0.389 e. The molecule has 122 valence electrons. The fourth-order valence-corrected chi connectivity index (χ4v) is 2.07. The molecule has 0 aliphatic heterocycles. The number of hydrogen-bond donors (Lipinski definition) is 2. The average molecular weight is 289 g/mol. The topological polar surface area (TPSA) is 50.7 Å². The zero-order valence-corrected chi connectivity index (χ0v) is 13.9. The highest BCUT2D eigenvalue weighted by atomic mass is 16.5. The lowest BCUT2D eigenvalue weighted by atomic mass is 10.1. The van der Waals surface area contributed by atoms with E-state index in [4.69, 9.17) is 9.47 Å². The van der Waals surface area contributed by atoms with Crippen molar-refractivity contribution in [2.24, 2.45) is 0 Å². The van der Waals surface area contributed by atoms with E-state index in [9.17, 15) is 5.11 Å². The Balaban J connectivity index is 3.38. The van der Waals surface area contributed by atoms with Gasteiger partial charge < -0.3 is 19.9 Å². The number of β-amino-alcohol motifs (C(OH)–C–C–N with tert-alkyl or cyclic N) is 1. The summed E-state index contributed by atoms with van der Waals surface area (Å²) in [4.78, 5) is 0. The van der Waals surface area contributed by atoms with Crippen LogP contribution in [-0.4, -0.2) is 50.2 Å². The molecule has 0 spiro atoms. The summed E-state index contributed by atoms with van der Waals surface area (Å²) in [5.41, 5.74) is -0.116. The molecule has 0 aliphatic rings. The monoisotopic (exact) mass is 289 g/mol. The molecule has 0 fully saturated rings. The number of unbranched alkanes of at least 4 members (excludes halogenated alkanes) is 5. The van der Waals surface area contributed by atoms with Crippen LogP contribution in [0.3, 0.4) is 0 Å². The van der Waals surface area contributed by atoms with Gasteiger partial charge in [0.1, 0.15) is 0 Å². The molecule has 0 amide bonds. The van der Waals surface area contributed by atoms with Crippen molar-refractivity contribution in [2.45, 2.75) is 70.9 Å². The third-order valence-corrected chi connectivity index (χ3v) is 3.27. The zero-order valence-electron chi connectivity index (χ0n) is 13.9. The summed E-state index contributed by atoms with van der Waals surface area (Å²) in [6, 6.07) is 0. The van der Waals surface area contributed by atoms with E-state index in [1.54, 1.807) is 7.11 Å². The van der Waals surface area contributed by atoms with Gasteiger partial charge in [-0.05, 0) is 20.3 Å². The van der Waals surface area contributed by atoms with Crippen molar-refractivity contribution in [3.63, 3.8) is 0 Å². The number of rotatable bonds is 14. The van der Waals surface area contributed by atoms with Gasteiger partial charge in [-0.3, -0.25) is 0 Å². The van der Waals surface area contributed by atoms with E-state index in [0.29, 0.717) is 19.8 Å². The first-order valence-electron chi connectivity index (χ1n) is 8.01. The van der Waals surface area contributed by atoms with Gasteiger partial charge in [-0.25, -0.2) is 0 Å². The third kappa shape index (κ3) is 12.9. The van der Waals surface area contributed by atoms with Gasteiger partial charge in [-0.2, -0.15) is 0 Å². The predicted octanol–water partition coefficient (Wildman–Crippen LogP) is 2.74. The van der Waals surface area contributed by atoms with Crippen LogP contribution >= 0.6 is 0 Å². The van der Waals surface area contributed by atoms with Crippen LogP contribution in [0.5, 0.6) is 0 Å². The van der Waals surface area contributed by atoms with E-state index in [2.05, 4.69) is 26.1 Å². The van der Waals surface area contributed by atoms with Crippen molar-refractivity contribution >= 4 is 0 Å². The molecule has 4 nitrogen and oxygen atoms in total. The Morgan fingerprint density at radius 3 is 2.40 bits per heavy atom. The number of ether oxygens (including phenoxy) is 2. The Hall–Kier alpha value is -0.160. The third-order valence-electron chi connectivity index (χ3n) is 3.27. The standard InChI is InChI=1S/C16H35NO3/c1-5-6-7-8-9-10-11-20-13-15(18)12-17-16(2,3)14-19-4/h15,17-18H,5-14H2,1-4H3. The smallest absolute Gasteiger partial charge is 0.0897 e. The van der Waals surface area contributed by atoms with Gasteiger partial charge in [0, 0.05) is 25.8 Å². The molecule has 1 unspecified atom stereocenters. The first-order chi connectivity index (χ1) is 9.52. The molecule has 20 heavy (non-hydrogen) atoms. The maximum Gasteiger partial charge on any atom is 0.0897 e. The van der Waals surface area contributed by atoms with Crippen LogP contribution in [-0.2, 0) is 9.47 Å². The van der Waals surface area contributed by atoms with E-state index < -0.39 is 6.10 Å². The summed E-state index contributed by atoms with van der Waals surface area (Å²) in [7, 11) is 1.68. The Labute approximate surface area is 125 Å². The molecule has 0 saturated carbocycles. The molecule has 0 saturated heterocycles. The molecule has 1 atom stereocenters. The predicted molar refractivity (Wildman–Crippen MR) is 84.2 cm³/mol. The van der Waals surface area contributed by atoms with Crippen molar-refractivity contribution in [1.82, 2.24) is 5.32 Å². The second-order valence-electron chi connectivity index (χ2n) is 6.19. The van der Waals surface area contributed by atoms with E-state index in [-0.39, 0.29) is 5.54 Å². The number of aliphatic hydroxyl groups is 1. The summed E-state index contributed by atoms with van der Waals surface area (Å²) in [6.45, 7) is 8.66. The normalized spacial score (nSPS) is 13.7. The number of aliphatic hydroxyl groups excluding tert-OH is 1. The van der Waals surface area contributed by atoms with Crippen molar-refractivity contribution < 1.29 is 14.6 Å². The van der Waals surface area contributed by atoms with Crippen LogP contribution in [0, 0.1) is 0 Å². The van der Waals surface area contributed by atoms with Crippen LogP contribution < -0.4 is 5.32 Å². The Bertz CT molecular complexity index is 210. The fourth-order valence-electron chi connectivity index (χ4n) is 2.07. The summed E-state index contributed by atoms with van der Waals surface area (Å²) >= 11 is 0. The minimum atomic E-state index is -0.453. The molecule has 0 aromatic rings. The van der Waals surface area contributed by atoms with Crippen LogP contribution in [0.4, 0.5) is 0 Å². The van der Waals surface area contributed by atoms with Gasteiger partial charge in [0.25, 0.3) is 0 Å². The molecule has 0 radical (unpaired) electrons. The molecule has 0 aromatic carbocycles. The second-order valence-corrected chi connectivity index (χ2v) is 6.19. The largest absolute Gasteiger partial charge is 0.389 e. The van der Waals surface area contributed by atoms with Crippen LogP contribution in [0.15, 0.2) is 0 Å². The van der Waals surface area contributed by atoms with Gasteiger partial charge >= 0.3 is 0 Å². The van der Waals surface area contributed by atoms with Crippen LogP contribution in [0.1, 0.15) is 59.3 Å². The Morgan fingerprint density at radius 1 is 1.10 bits per heavy atom. The number of hydrogen-bond acceptors (Lipinski definition) is 4. The fraction of sp³-hybridized carbons (Fsp3) is 1.00. The average Bonchev–Trinajstić information content (AvgIpc) is 2.39. The van der Waals surface area contributed by atoms with Gasteiger partial charge in [0.15, 0.2) is 0 Å². The highest BCUT2D eigenvalue weighted by Crippen LogP contribution is 2.05. The molecular weight excluding hydrogens is 254 g/mol. The summed E-state index contributed by atoms with van der Waals surface area (Å²) < 4.78 is 10.6. The zero-order chi connectivity index (χ0) is 15.3. The van der Waals surface area contributed by atoms with E-state index >= 15 is 0 Å². The molecule has 2 N–H and O–H groups in total. The van der Waals surface area contributed by atoms with Crippen molar-refractivity contribution in [3.8, 4) is 0 Å². The molecule has 0 heterocycles. The molecule has 0 aromatic heterocycles. The van der Waals surface area contributed by atoms with Gasteiger partial charge in [0.05, 0.1) is 19.3 Å². The molecule has 0 bridgehead atoms. The van der Waals surface area contributed by atoms with Crippen molar-refractivity contribution in [3.05, 3.63) is 0 Å². The minimum absolute atomic E-state index is 0.116. The lowest BCUT2D eigenvalue weighted by Gasteiger charge is -2.26. The van der Waals surface area contributed by atoms with Gasteiger partial charge in [-0.15, -0.1) is 0 Å². The second kappa shape index (κ2) is 12.6. The van der Waals surface area contributed by atoms with Crippen molar-refractivity contribution in [1.29, 1.82) is 0 Å². The molecule has 0 aliphatic carbocycles. The maximum atomic E-state index is 9.83. The van der Waals surface area contributed by atoms with Crippen LogP contribution in [0.2, 0.25) is 0 Å². The SMILES string of the molecule is CCCCCCCCOCC(O)CNC(C)(C)COC.